The summed E-state index contributed by atoms with van der Waals surface area (Å²) in [6.07, 6.45) is 0.799. The van der Waals surface area contributed by atoms with E-state index in [4.69, 9.17) is 0 Å². The molecule has 55 valence electrons. The molecule has 0 atom stereocenters. The van der Waals surface area contributed by atoms with Gasteiger partial charge in [0.05, 0.1) is 0 Å². The molecule has 0 unspecified atom stereocenters. The third-order valence-electron chi connectivity index (χ3n) is 1.28. The van der Waals surface area contributed by atoms with Crippen molar-refractivity contribution >= 4 is 11.9 Å². The highest BCUT2D eigenvalue weighted by molar-refractivity contribution is 6.05. The predicted molar refractivity (Wildman–Crippen MR) is 34.8 cm³/mol. The normalized spacial score (nSPS) is 17.9. The molecular formula is C6H9N2O2. The van der Waals surface area contributed by atoms with Gasteiger partial charge in [-0.05, 0) is 6.42 Å². The molecule has 1 radical (unpaired) electrons. The highest BCUT2D eigenvalue weighted by Crippen LogP contribution is 2.01. The molecular weight excluding hydrogens is 132 g/mol. The first-order valence-electron chi connectivity index (χ1n) is 3.21. The lowest BCUT2D eigenvalue weighted by Crippen LogP contribution is -2.31. The van der Waals surface area contributed by atoms with Crippen LogP contribution in [0.2, 0.25) is 0 Å². The van der Waals surface area contributed by atoms with Crippen LogP contribution < -0.4 is 5.32 Å². The lowest BCUT2D eigenvalue weighted by Gasteiger charge is -2.08. The average Bonchev–Trinajstić information content (AvgIpc) is 2.20. The van der Waals surface area contributed by atoms with Crippen LogP contribution in [0.3, 0.4) is 0 Å². The molecule has 0 aromatic carbocycles. The number of rotatable bonds is 2. The lowest BCUT2D eigenvalue weighted by atomic mass is 10.4. The van der Waals surface area contributed by atoms with Gasteiger partial charge >= 0.3 is 6.03 Å². The van der Waals surface area contributed by atoms with Crippen LogP contribution in [0.4, 0.5) is 4.79 Å². The van der Waals surface area contributed by atoms with Gasteiger partial charge in [-0.1, -0.05) is 6.92 Å². The summed E-state index contributed by atoms with van der Waals surface area (Å²) in [6.45, 7) is 3.60. The smallest absolute Gasteiger partial charge is 0.323 e. The number of carbonyl (C=O) groups is 2. The summed E-state index contributed by atoms with van der Waals surface area (Å²) < 4.78 is 0. The Balaban J connectivity index is 2.54. The van der Waals surface area contributed by atoms with E-state index in [-0.39, 0.29) is 11.9 Å². The maximum atomic E-state index is 10.8. The van der Waals surface area contributed by atoms with Crippen molar-refractivity contribution in [3.05, 3.63) is 6.54 Å². The first-order chi connectivity index (χ1) is 4.75. The molecule has 1 rings (SSSR count). The maximum Gasteiger partial charge on any atom is 0.324 e. The highest BCUT2D eigenvalue weighted by Gasteiger charge is 2.27. The summed E-state index contributed by atoms with van der Waals surface area (Å²) in [5.41, 5.74) is 0. The van der Waals surface area contributed by atoms with Crippen LogP contribution in [0.15, 0.2) is 0 Å². The van der Waals surface area contributed by atoms with Crippen molar-refractivity contribution in [2.45, 2.75) is 13.3 Å². The molecule has 0 bridgehead atoms. The molecule has 1 aliphatic rings. The van der Waals surface area contributed by atoms with Crippen LogP contribution in [0, 0.1) is 6.54 Å². The maximum absolute atomic E-state index is 10.8. The van der Waals surface area contributed by atoms with E-state index in [1.54, 1.807) is 0 Å². The van der Waals surface area contributed by atoms with Crippen LogP contribution >= 0.6 is 0 Å². The van der Waals surface area contributed by atoms with Gasteiger partial charge < -0.3 is 5.32 Å². The van der Waals surface area contributed by atoms with Gasteiger partial charge in [-0.15, -0.1) is 0 Å². The van der Waals surface area contributed by atoms with Gasteiger partial charge in [-0.3, -0.25) is 9.69 Å². The monoisotopic (exact) mass is 141 g/mol. The molecule has 0 saturated carbocycles. The van der Waals surface area contributed by atoms with E-state index in [0.29, 0.717) is 6.54 Å². The second-order valence-electron chi connectivity index (χ2n) is 2.08. The molecule has 4 heteroatoms. The molecule has 0 aliphatic carbocycles. The molecule has 1 heterocycles. The van der Waals surface area contributed by atoms with Crippen molar-refractivity contribution in [1.82, 2.24) is 10.2 Å². The van der Waals surface area contributed by atoms with Crippen LogP contribution in [0.25, 0.3) is 0 Å². The summed E-state index contributed by atoms with van der Waals surface area (Å²) in [5, 5.41) is 2.32. The van der Waals surface area contributed by atoms with Gasteiger partial charge in [0.2, 0.25) is 0 Å². The summed E-state index contributed by atoms with van der Waals surface area (Å²) >= 11 is 0. The SMILES string of the molecule is CCCN1C(=O)[CH]NC1=O. The minimum atomic E-state index is -0.313. The lowest BCUT2D eigenvalue weighted by molar-refractivity contribution is -0.123. The summed E-state index contributed by atoms with van der Waals surface area (Å²) in [5.74, 6) is -0.244. The largest absolute Gasteiger partial charge is 0.324 e. The zero-order chi connectivity index (χ0) is 7.56. The Morgan fingerprint density at radius 1 is 1.60 bits per heavy atom. The fourth-order valence-corrected chi connectivity index (χ4v) is 0.815. The van der Waals surface area contributed by atoms with E-state index < -0.39 is 0 Å². The van der Waals surface area contributed by atoms with Crippen LogP contribution in [0.1, 0.15) is 13.3 Å². The van der Waals surface area contributed by atoms with E-state index in [1.165, 1.54) is 11.4 Å². The van der Waals surface area contributed by atoms with Crippen molar-refractivity contribution < 1.29 is 9.59 Å². The third kappa shape index (κ3) is 1.10. The van der Waals surface area contributed by atoms with E-state index >= 15 is 0 Å². The minimum absolute atomic E-state index is 0.244. The van der Waals surface area contributed by atoms with Gasteiger partial charge in [0.25, 0.3) is 5.91 Å². The zero-order valence-electron chi connectivity index (χ0n) is 5.76. The molecule has 0 aromatic rings. The van der Waals surface area contributed by atoms with Crippen LogP contribution in [0.5, 0.6) is 0 Å². The zero-order valence-corrected chi connectivity index (χ0v) is 5.76. The van der Waals surface area contributed by atoms with E-state index in [9.17, 15) is 9.59 Å². The number of amides is 3. The van der Waals surface area contributed by atoms with Crippen LogP contribution in [-0.4, -0.2) is 23.4 Å². The number of nitrogens with one attached hydrogen (secondary N) is 1. The van der Waals surface area contributed by atoms with Crippen molar-refractivity contribution in [2.24, 2.45) is 0 Å². The molecule has 4 nitrogen and oxygen atoms in total. The Labute approximate surface area is 59.2 Å². The quantitative estimate of drug-likeness (QED) is 0.555. The van der Waals surface area contributed by atoms with Gasteiger partial charge in [0, 0.05) is 6.54 Å². The average molecular weight is 141 g/mol. The number of hydrogen-bond acceptors (Lipinski definition) is 2. The number of carbonyl (C=O) groups excluding carboxylic acids is 2. The van der Waals surface area contributed by atoms with Gasteiger partial charge in [-0.25, -0.2) is 4.79 Å². The van der Waals surface area contributed by atoms with Gasteiger partial charge in [0.1, 0.15) is 6.54 Å². The molecule has 1 fully saturated rings. The summed E-state index contributed by atoms with van der Waals surface area (Å²) in [4.78, 5) is 22.7. The Bertz CT molecular complexity index is 151. The van der Waals surface area contributed by atoms with Crippen molar-refractivity contribution in [2.75, 3.05) is 6.54 Å². The van der Waals surface area contributed by atoms with Crippen molar-refractivity contribution in [3.8, 4) is 0 Å². The van der Waals surface area contributed by atoms with E-state index in [0.717, 1.165) is 6.42 Å². The standard InChI is InChI=1S/C6H9N2O2/c1-2-3-8-5(9)4-7-6(8)10/h4H,2-3H2,1H3,(H,7,10). The predicted octanol–water partition coefficient (Wildman–Crippen LogP) is 0.110. The third-order valence-corrected chi connectivity index (χ3v) is 1.28. The highest BCUT2D eigenvalue weighted by atomic mass is 16.2. The van der Waals surface area contributed by atoms with Crippen molar-refractivity contribution in [1.29, 1.82) is 0 Å². The van der Waals surface area contributed by atoms with Gasteiger partial charge in [-0.2, -0.15) is 0 Å². The number of hydrogen-bond donors (Lipinski definition) is 1. The Morgan fingerprint density at radius 2 is 2.30 bits per heavy atom. The van der Waals surface area contributed by atoms with Gasteiger partial charge in [0.15, 0.2) is 0 Å². The summed E-state index contributed by atoms with van der Waals surface area (Å²) in [7, 11) is 0. The Hall–Kier alpha value is -1.06. The molecule has 1 saturated heterocycles. The number of nitrogens with zero attached hydrogens (tertiary/aromatic N) is 1. The molecule has 0 aromatic heterocycles. The summed E-state index contributed by atoms with van der Waals surface area (Å²) in [6, 6.07) is -0.313. The first-order valence-corrected chi connectivity index (χ1v) is 3.21. The molecule has 1 aliphatic heterocycles. The van der Waals surface area contributed by atoms with Crippen LogP contribution in [-0.2, 0) is 4.79 Å². The number of imide groups is 1. The minimum Gasteiger partial charge on any atom is -0.323 e. The Morgan fingerprint density at radius 3 is 2.70 bits per heavy atom. The molecule has 0 spiro atoms. The molecule has 10 heavy (non-hydrogen) atoms. The first kappa shape index (κ1) is 7.05. The van der Waals surface area contributed by atoms with E-state index in [2.05, 4.69) is 5.32 Å². The fourth-order valence-electron chi connectivity index (χ4n) is 0.815. The second kappa shape index (κ2) is 2.68. The molecule has 3 amide bonds. The second-order valence-corrected chi connectivity index (χ2v) is 2.08. The number of urea groups is 1. The Kier molecular flexibility index (Phi) is 1.89. The fraction of sp³-hybridized carbons (Fsp3) is 0.500. The topological polar surface area (TPSA) is 49.4 Å². The van der Waals surface area contributed by atoms with E-state index in [1.807, 2.05) is 6.92 Å². The molecule has 1 N–H and O–H groups in total. The van der Waals surface area contributed by atoms with Crippen molar-refractivity contribution in [3.63, 3.8) is 0 Å².